The van der Waals surface area contributed by atoms with Crippen molar-refractivity contribution in [3.05, 3.63) is 52.5 Å². The van der Waals surface area contributed by atoms with Crippen LogP contribution in [0.25, 0.3) is 0 Å². The molecule has 2 aromatic carbocycles. The van der Waals surface area contributed by atoms with Crippen molar-refractivity contribution < 1.29 is 9.53 Å². The first-order chi connectivity index (χ1) is 12.9. The van der Waals surface area contributed by atoms with E-state index in [1.165, 1.54) is 24.9 Å². The second-order valence-corrected chi connectivity index (χ2v) is 7.75. The molecule has 1 aliphatic rings. The third-order valence-electron chi connectivity index (χ3n) is 4.84. The van der Waals surface area contributed by atoms with E-state index in [2.05, 4.69) is 29.3 Å². The van der Waals surface area contributed by atoms with E-state index in [0.717, 1.165) is 12.2 Å². The van der Waals surface area contributed by atoms with Gasteiger partial charge in [0.05, 0.1) is 5.02 Å². The zero-order valence-corrected chi connectivity index (χ0v) is 17.1. The predicted molar refractivity (Wildman–Crippen MR) is 112 cm³/mol. The van der Waals surface area contributed by atoms with E-state index < -0.39 is 6.10 Å². The molecule has 1 saturated heterocycles. The second kappa shape index (κ2) is 8.85. The summed E-state index contributed by atoms with van der Waals surface area (Å²) in [6.07, 6.45) is 3.05. The maximum absolute atomic E-state index is 12.4. The predicted octanol–water partition coefficient (Wildman–Crippen LogP) is 5.78. The number of piperidine rings is 1. The van der Waals surface area contributed by atoms with E-state index in [9.17, 15) is 4.79 Å². The van der Waals surface area contributed by atoms with Gasteiger partial charge in [-0.2, -0.15) is 0 Å². The van der Waals surface area contributed by atoms with Gasteiger partial charge in [0, 0.05) is 29.0 Å². The van der Waals surface area contributed by atoms with Crippen LogP contribution >= 0.6 is 23.2 Å². The van der Waals surface area contributed by atoms with E-state index >= 15 is 0 Å². The number of hydrogen-bond donors (Lipinski definition) is 1. The first-order valence-electron chi connectivity index (χ1n) is 9.23. The van der Waals surface area contributed by atoms with Gasteiger partial charge in [0.1, 0.15) is 5.75 Å². The first-order valence-corrected chi connectivity index (χ1v) is 9.99. The smallest absolute Gasteiger partial charge is 0.265 e. The number of nitrogens with zero attached hydrogens (tertiary/aromatic N) is 1. The Kier molecular flexibility index (Phi) is 6.51. The lowest BCUT2D eigenvalue weighted by Crippen LogP contribution is -2.37. The van der Waals surface area contributed by atoms with E-state index in [1.54, 1.807) is 25.1 Å². The summed E-state index contributed by atoms with van der Waals surface area (Å²) in [5.74, 6) is 0.193. The molecule has 1 fully saturated rings. The molecule has 0 aliphatic carbocycles. The lowest BCUT2D eigenvalue weighted by molar-refractivity contribution is -0.122. The van der Waals surface area contributed by atoms with E-state index in [1.807, 2.05) is 12.1 Å². The van der Waals surface area contributed by atoms with Gasteiger partial charge in [-0.1, -0.05) is 23.2 Å². The highest BCUT2D eigenvalue weighted by atomic mass is 35.5. The molecule has 144 valence electrons. The molecule has 4 nitrogen and oxygen atoms in total. The summed E-state index contributed by atoms with van der Waals surface area (Å²) in [6, 6.07) is 13.4. The Bertz CT molecular complexity index is 795. The quantitative estimate of drug-likeness (QED) is 0.683. The fraction of sp³-hybridized carbons (Fsp3) is 0.381. The molecule has 1 heterocycles. The van der Waals surface area contributed by atoms with Crippen molar-refractivity contribution >= 4 is 40.5 Å². The third kappa shape index (κ3) is 5.08. The zero-order chi connectivity index (χ0) is 19.4. The number of carbonyl (C=O) groups is 1. The number of benzene rings is 2. The molecule has 0 radical (unpaired) electrons. The van der Waals surface area contributed by atoms with Crippen molar-refractivity contribution in [2.24, 2.45) is 0 Å². The molecular formula is C21H24Cl2N2O2. The van der Waals surface area contributed by atoms with Crippen molar-refractivity contribution in [2.45, 2.75) is 45.3 Å². The number of ether oxygens (including phenoxy) is 1. The minimum absolute atomic E-state index is 0.236. The monoisotopic (exact) mass is 406 g/mol. The molecule has 0 saturated carbocycles. The number of amides is 1. The van der Waals surface area contributed by atoms with Crippen LogP contribution in [0, 0.1) is 0 Å². The number of carbonyl (C=O) groups excluding carboxylic acids is 1. The van der Waals surface area contributed by atoms with Gasteiger partial charge < -0.3 is 15.0 Å². The van der Waals surface area contributed by atoms with Crippen molar-refractivity contribution in [1.82, 2.24) is 0 Å². The Morgan fingerprint density at radius 2 is 1.93 bits per heavy atom. The minimum atomic E-state index is -0.689. The average molecular weight is 407 g/mol. The summed E-state index contributed by atoms with van der Waals surface area (Å²) in [6.45, 7) is 5.03. The van der Waals surface area contributed by atoms with Gasteiger partial charge in [-0.15, -0.1) is 0 Å². The van der Waals surface area contributed by atoms with Crippen molar-refractivity contribution in [2.75, 3.05) is 16.8 Å². The minimum Gasteiger partial charge on any atom is -0.479 e. The summed E-state index contributed by atoms with van der Waals surface area (Å²) in [4.78, 5) is 14.8. The Balaban J connectivity index is 1.60. The Morgan fingerprint density at radius 3 is 2.59 bits per heavy atom. The highest BCUT2D eigenvalue weighted by Crippen LogP contribution is 2.29. The number of nitrogens with one attached hydrogen (secondary N) is 1. The molecule has 2 unspecified atom stereocenters. The molecule has 0 spiro atoms. The molecular weight excluding hydrogens is 383 g/mol. The van der Waals surface area contributed by atoms with Gasteiger partial charge in [0.2, 0.25) is 0 Å². The number of rotatable bonds is 5. The molecule has 1 amide bonds. The molecule has 1 aliphatic heterocycles. The first kappa shape index (κ1) is 19.8. The lowest BCUT2D eigenvalue weighted by atomic mass is 10.0. The molecule has 27 heavy (non-hydrogen) atoms. The van der Waals surface area contributed by atoms with Gasteiger partial charge in [-0.3, -0.25) is 4.79 Å². The lowest BCUT2D eigenvalue weighted by Gasteiger charge is -2.35. The Morgan fingerprint density at radius 1 is 1.19 bits per heavy atom. The summed E-state index contributed by atoms with van der Waals surface area (Å²) in [5.41, 5.74) is 1.93. The summed E-state index contributed by atoms with van der Waals surface area (Å²) < 4.78 is 5.66. The van der Waals surface area contributed by atoms with Gasteiger partial charge >= 0.3 is 0 Å². The Labute approximate surface area is 170 Å². The normalized spacial score (nSPS) is 18.1. The largest absolute Gasteiger partial charge is 0.479 e. The van der Waals surface area contributed by atoms with Crippen LogP contribution in [0.2, 0.25) is 10.0 Å². The maximum atomic E-state index is 12.4. The number of anilines is 2. The second-order valence-electron chi connectivity index (χ2n) is 6.91. The number of hydrogen-bond acceptors (Lipinski definition) is 3. The highest BCUT2D eigenvalue weighted by molar-refractivity contribution is 6.35. The Hall–Kier alpha value is -1.91. The van der Waals surface area contributed by atoms with Crippen molar-refractivity contribution in [3.8, 4) is 5.75 Å². The summed E-state index contributed by atoms with van der Waals surface area (Å²) >= 11 is 12.0. The summed E-state index contributed by atoms with van der Waals surface area (Å²) in [7, 11) is 0. The van der Waals surface area contributed by atoms with Crippen LogP contribution in [-0.2, 0) is 4.79 Å². The fourth-order valence-electron chi connectivity index (χ4n) is 3.28. The van der Waals surface area contributed by atoms with E-state index in [-0.39, 0.29) is 5.91 Å². The summed E-state index contributed by atoms with van der Waals surface area (Å²) in [5, 5.41) is 3.78. The SMILES string of the molecule is CC(Oc1ccc(Cl)cc1Cl)C(=O)Nc1ccc(N2CCCCC2C)cc1. The van der Waals surface area contributed by atoms with Crippen LogP contribution in [0.4, 0.5) is 11.4 Å². The van der Waals surface area contributed by atoms with Gasteiger partial charge in [-0.05, 0) is 75.6 Å². The molecule has 6 heteroatoms. The van der Waals surface area contributed by atoms with E-state index in [0.29, 0.717) is 21.8 Å². The molecule has 2 atom stereocenters. The molecule has 2 aromatic rings. The van der Waals surface area contributed by atoms with Crippen molar-refractivity contribution in [1.29, 1.82) is 0 Å². The molecule has 3 rings (SSSR count). The van der Waals surface area contributed by atoms with Crippen LogP contribution < -0.4 is 15.0 Å². The van der Waals surface area contributed by atoms with Gasteiger partial charge in [-0.25, -0.2) is 0 Å². The highest BCUT2D eigenvalue weighted by Gasteiger charge is 2.19. The third-order valence-corrected chi connectivity index (χ3v) is 5.37. The van der Waals surface area contributed by atoms with E-state index in [4.69, 9.17) is 27.9 Å². The number of halogens is 2. The molecule has 0 bridgehead atoms. The standard InChI is InChI=1S/C21H24Cl2N2O2/c1-14-5-3-4-12-25(14)18-9-7-17(8-10-18)24-21(26)15(2)27-20-11-6-16(22)13-19(20)23/h6-11,13-15H,3-5,12H2,1-2H3,(H,24,26). The van der Waals surface area contributed by atoms with Crippen LogP contribution in [0.1, 0.15) is 33.1 Å². The molecule has 1 N–H and O–H groups in total. The van der Waals surface area contributed by atoms with Crippen LogP contribution in [-0.4, -0.2) is 24.6 Å². The van der Waals surface area contributed by atoms with Gasteiger partial charge in [0.25, 0.3) is 5.91 Å². The fourth-order valence-corrected chi connectivity index (χ4v) is 3.73. The van der Waals surface area contributed by atoms with Crippen molar-refractivity contribution in [3.63, 3.8) is 0 Å². The topological polar surface area (TPSA) is 41.6 Å². The maximum Gasteiger partial charge on any atom is 0.265 e. The van der Waals surface area contributed by atoms with Crippen LogP contribution in [0.5, 0.6) is 5.75 Å². The zero-order valence-electron chi connectivity index (χ0n) is 15.5. The average Bonchev–Trinajstić information content (AvgIpc) is 2.65. The van der Waals surface area contributed by atoms with Gasteiger partial charge in [0.15, 0.2) is 6.10 Å². The van der Waals surface area contributed by atoms with Crippen LogP contribution in [0.15, 0.2) is 42.5 Å². The van der Waals surface area contributed by atoms with Crippen LogP contribution in [0.3, 0.4) is 0 Å². The molecule has 0 aromatic heterocycles.